The van der Waals surface area contributed by atoms with Gasteiger partial charge >= 0.3 is 0 Å². The number of methoxy groups -OCH3 is 1. The van der Waals surface area contributed by atoms with E-state index in [0.29, 0.717) is 6.61 Å². The van der Waals surface area contributed by atoms with Crippen molar-refractivity contribution >= 4 is 5.69 Å². The summed E-state index contributed by atoms with van der Waals surface area (Å²) in [5, 5.41) is 9.10. The lowest BCUT2D eigenvalue weighted by Gasteiger charge is -2.37. The fourth-order valence-corrected chi connectivity index (χ4v) is 2.23. The molecule has 17 heavy (non-hydrogen) atoms. The molecule has 1 fully saturated rings. The minimum atomic E-state index is 0.180. The summed E-state index contributed by atoms with van der Waals surface area (Å²) in [4.78, 5) is 2.26. The van der Waals surface area contributed by atoms with Crippen LogP contribution in [0.15, 0.2) is 24.3 Å². The van der Waals surface area contributed by atoms with E-state index >= 15 is 0 Å². The molecule has 0 bridgehead atoms. The summed E-state index contributed by atoms with van der Waals surface area (Å²) >= 11 is 0. The summed E-state index contributed by atoms with van der Waals surface area (Å²) in [6.45, 7) is 2.41. The van der Waals surface area contributed by atoms with Crippen LogP contribution in [0.5, 0.6) is 5.75 Å². The average Bonchev–Trinajstić information content (AvgIpc) is 2.40. The van der Waals surface area contributed by atoms with Gasteiger partial charge in [0.1, 0.15) is 5.75 Å². The highest BCUT2D eigenvalue weighted by Gasteiger charge is 2.24. The molecule has 1 N–H and O–H groups in total. The van der Waals surface area contributed by atoms with Crippen LogP contribution in [-0.2, 0) is 4.74 Å². The highest BCUT2D eigenvalue weighted by atomic mass is 16.5. The smallest absolute Gasteiger partial charge is 0.142 e. The molecule has 2 rings (SSSR count). The van der Waals surface area contributed by atoms with Crippen LogP contribution in [0.2, 0.25) is 0 Å². The molecule has 4 nitrogen and oxygen atoms in total. The monoisotopic (exact) mass is 237 g/mol. The molecule has 0 aromatic heterocycles. The van der Waals surface area contributed by atoms with Crippen LogP contribution in [0.1, 0.15) is 6.42 Å². The van der Waals surface area contributed by atoms with Crippen molar-refractivity contribution in [2.75, 3.05) is 38.4 Å². The maximum atomic E-state index is 9.10. The Morgan fingerprint density at radius 3 is 3.06 bits per heavy atom. The van der Waals surface area contributed by atoms with Crippen LogP contribution in [0, 0.1) is 0 Å². The zero-order valence-corrected chi connectivity index (χ0v) is 10.1. The van der Waals surface area contributed by atoms with E-state index in [0.717, 1.165) is 31.0 Å². The van der Waals surface area contributed by atoms with E-state index in [1.165, 1.54) is 0 Å². The molecule has 1 unspecified atom stereocenters. The number of ether oxygens (including phenoxy) is 2. The van der Waals surface area contributed by atoms with Gasteiger partial charge in [-0.2, -0.15) is 0 Å². The molecule has 0 amide bonds. The normalized spacial score (nSPS) is 20.4. The van der Waals surface area contributed by atoms with Crippen LogP contribution < -0.4 is 9.64 Å². The Hall–Kier alpha value is -1.26. The molecule has 1 aromatic carbocycles. The number of aliphatic hydroxyl groups is 1. The third kappa shape index (κ3) is 2.70. The van der Waals surface area contributed by atoms with Gasteiger partial charge in [0.15, 0.2) is 0 Å². The second-order valence-electron chi connectivity index (χ2n) is 4.11. The third-order valence-electron chi connectivity index (χ3n) is 3.08. The Kier molecular flexibility index (Phi) is 4.23. The van der Waals surface area contributed by atoms with Gasteiger partial charge in [0.25, 0.3) is 0 Å². The summed E-state index contributed by atoms with van der Waals surface area (Å²) in [6.07, 6.45) is 0.720. The molecular weight excluding hydrogens is 218 g/mol. The Labute approximate surface area is 102 Å². The molecule has 1 heterocycles. The van der Waals surface area contributed by atoms with Crippen molar-refractivity contribution in [3.8, 4) is 5.75 Å². The first-order valence-electron chi connectivity index (χ1n) is 5.95. The van der Waals surface area contributed by atoms with Crippen LogP contribution in [0.3, 0.4) is 0 Å². The van der Waals surface area contributed by atoms with Gasteiger partial charge < -0.3 is 19.5 Å². The quantitative estimate of drug-likeness (QED) is 0.856. The van der Waals surface area contributed by atoms with E-state index in [1.54, 1.807) is 7.11 Å². The summed E-state index contributed by atoms with van der Waals surface area (Å²) < 4.78 is 10.8. The van der Waals surface area contributed by atoms with Crippen LogP contribution >= 0.6 is 0 Å². The Balaban J connectivity index is 2.22. The molecule has 1 atom stereocenters. The lowest BCUT2D eigenvalue weighted by molar-refractivity contribution is 0.0847. The standard InChI is InChI=1S/C13H19NO3/c1-16-13-5-3-2-4-12(13)14-7-9-17-10-11(14)6-8-15/h2-5,11,15H,6-10H2,1H3. The van der Waals surface area contributed by atoms with Crippen molar-refractivity contribution in [3.05, 3.63) is 24.3 Å². The Bertz CT molecular complexity index is 354. The first-order chi connectivity index (χ1) is 8.36. The van der Waals surface area contributed by atoms with Gasteiger partial charge in [-0.1, -0.05) is 12.1 Å². The zero-order valence-electron chi connectivity index (χ0n) is 10.1. The van der Waals surface area contributed by atoms with Crippen molar-refractivity contribution in [3.63, 3.8) is 0 Å². The second-order valence-corrected chi connectivity index (χ2v) is 4.11. The van der Waals surface area contributed by atoms with Crippen molar-refractivity contribution in [1.29, 1.82) is 0 Å². The van der Waals surface area contributed by atoms with E-state index in [2.05, 4.69) is 11.0 Å². The lowest BCUT2D eigenvalue weighted by atomic mass is 10.1. The van der Waals surface area contributed by atoms with Gasteiger partial charge in [0, 0.05) is 13.2 Å². The SMILES string of the molecule is COc1ccccc1N1CCOCC1CCO. The van der Waals surface area contributed by atoms with E-state index in [-0.39, 0.29) is 12.6 Å². The molecule has 0 aliphatic carbocycles. The number of benzene rings is 1. The lowest BCUT2D eigenvalue weighted by Crippen LogP contribution is -2.46. The molecular formula is C13H19NO3. The number of hydrogen-bond acceptors (Lipinski definition) is 4. The molecule has 0 spiro atoms. The van der Waals surface area contributed by atoms with Gasteiger partial charge in [-0.15, -0.1) is 0 Å². The van der Waals surface area contributed by atoms with Crippen molar-refractivity contribution in [1.82, 2.24) is 0 Å². The number of hydrogen-bond donors (Lipinski definition) is 1. The predicted molar refractivity (Wildman–Crippen MR) is 66.6 cm³/mol. The summed E-state index contributed by atoms with van der Waals surface area (Å²) in [6, 6.07) is 8.20. The number of morpholine rings is 1. The summed E-state index contributed by atoms with van der Waals surface area (Å²) in [7, 11) is 1.68. The summed E-state index contributed by atoms with van der Waals surface area (Å²) in [5.74, 6) is 0.873. The molecule has 4 heteroatoms. The Morgan fingerprint density at radius 2 is 2.29 bits per heavy atom. The zero-order chi connectivity index (χ0) is 12.1. The minimum absolute atomic E-state index is 0.180. The van der Waals surface area contributed by atoms with E-state index < -0.39 is 0 Å². The van der Waals surface area contributed by atoms with Crippen LogP contribution in [-0.4, -0.2) is 44.6 Å². The number of rotatable bonds is 4. The van der Waals surface area contributed by atoms with Crippen molar-refractivity contribution in [2.24, 2.45) is 0 Å². The molecule has 1 aliphatic rings. The number of anilines is 1. The van der Waals surface area contributed by atoms with Gasteiger partial charge in [-0.25, -0.2) is 0 Å². The summed E-state index contributed by atoms with van der Waals surface area (Å²) in [5.41, 5.74) is 1.08. The Morgan fingerprint density at radius 1 is 1.47 bits per heavy atom. The van der Waals surface area contributed by atoms with Crippen molar-refractivity contribution < 1.29 is 14.6 Å². The molecule has 94 valence electrons. The third-order valence-corrected chi connectivity index (χ3v) is 3.08. The highest BCUT2D eigenvalue weighted by molar-refractivity contribution is 5.59. The minimum Gasteiger partial charge on any atom is -0.495 e. The van der Waals surface area contributed by atoms with E-state index in [4.69, 9.17) is 14.6 Å². The van der Waals surface area contributed by atoms with Crippen LogP contribution in [0.25, 0.3) is 0 Å². The largest absolute Gasteiger partial charge is 0.495 e. The topological polar surface area (TPSA) is 41.9 Å². The molecule has 1 aromatic rings. The first kappa shape index (κ1) is 12.2. The second kappa shape index (κ2) is 5.89. The molecule has 1 aliphatic heterocycles. The van der Waals surface area contributed by atoms with Crippen LogP contribution in [0.4, 0.5) is 5.69 Å². The van der Waals surface area contributed by atoms with Gasteiger partial charge in [-0.05, 0) is 18.6 Å². The van der Waals surface area contributed by atoms with E-state index in [1.807, 2.05) is 18.2 Å². The molecule has 0 radical (unpaired) electrons. The fraction of sp³-hybridized carbons (Fsp3) is 0.538. The van der Waals surface area contributed by atoms with Gasteiger partial charge in [0.05, 0.1) is 32.1 Å². The van der Waals surface area contributed by atoms with E-state index in [9.17, 15) is 0 Å². The predicted octanol–water partition coefficient (Wildman–Crippen LogP) is 1.28. The average molecular weight is 237 g/mol. The van der Waals surface area contributed by atoms with Gasteiger partial charge in [0.2, 0.25) is 0 Å². The van der Waals surface area contributed by atoms with Gasteiger partial charge in [-0.3, -0.25) is 0 Å². The number of para-hydroxylation sites is 2. The fourth-order valence-electron chi connectivity index (χ4n) is 2.23. The van der Waals surface area contributed by atoms with Crippen molar-refractivity contribution in [2.45, 2.75) is 12.5 Å². The molecule has 0 saturated carbocycles. The maximum absolute atomic E-state index is 9.10. The highest BCUT2D eigenvalue weighted by Crippen LogP contribution is 2.30. The number of nitrogens with zero attached hydrogens (tertiary/aromatic N) is 1. The maximum Gasteiger partial charge on any atom is 0.142 e. The molecule has 1 saturated heterocycles. The first-order valence-corrected chi connectivity index (χ1v) is 5.95. The number of aliphatic hydroxyl groups excluding tert-OH is 1.